The number of amides is 2. The first kappa shape index (κ1) is 17.5. The van der Waals surface area contributed by atoms with E-state index in [1.807, 2.05) is 66.0 Å². The Balaban J connectivity index is 1.61. The number of nitrogens with zero attached hydrogens (tertiary/aromatic N) is 3. The second-order valence-corrected chi connectivity index (χ2v) is 6.86. The van der Waals surface area contributed by atoms with Crippen molar-refractivity contribution in [3.8, 4) is 0 Å². The molecule has 0 saturated carbocycles. The Morgan fingerprint density at radius 1 is 1.32 bits per heavy atom. The number of benzene rings is 1. The molecule has 2 aromatic rings. The van der Waals surface area contributed by atoms with Crippen molar-refractivity contribution in [1.82, 2.24) is 14.7 Å². The normalized spacial score (nSPS) is 18.6. The van der Waals surface area contributed by atoms with Crippen LogP contribution in [-0.4, -0.2) is 38.4 Å². The molecule has 6 nitrogen and oxygen atoms in total. The highest BCUT2D eigenvalue weighted by Gasteiger charge is 2.31. The van der Waals surface area contributed by atoms with Gasteiger partial charge < -0.3 is 10.0 Å². The van der Waals surface area contributed by atoms with E-state index < -0.39 is 6.10 Å². The largest absolute Gasteiger partial charge is 0.388 e. The van der Waals surface area contributed by atoms with Gasteiger partial charge in [0.05, 0.1) is 6.10 Å². The van der Waals surface area contributed by atoms with Crippen LogP contribution in [0.15, 0.2) is 42.6 Å². The highest BCUT2D eigenvalue weighted by molar-refractivity contribution is 5.88. The molecule has 1 aromatic carbocycles. The van der Waals surface area contributed by atoms with Crippen molar-refractivity contribution >= 4 is 11.8 Å². The fourth-order valence-corrected chi connectivity index (χ4v) is 3.29. The molecule has 0 spiro atoms. The monoisotopic (exact) mass is 342 g/mol. The van der Waals surface area contributed by atoms with E-state index in [9.17, 15) is 9.90 Å². The number of aromatic nitrogens is 2. The topological polar surface area (TPSA) is 70.4 Å². The number of nitrogens with one attached hydrogen (secondary N) is 1. The van der Waals surface area contributed by atoms with Gasteiger partial charge in [0.2, 0.25) is 0 Å². The standard InChI is InChI=1S/C19H26N4O2/c1-14(2)23-12-10-18(21-23)20-19(25)22-11-6-9-16(22)13-17(24)15-7-4-3-5-8-15/h3-5,7-8,10,12,14,16-17,24H,6,9,11,13H2,1-2H3,(H,20,21,25)/t16-,17-/m0/s1. The van der Waals surface area contributed by atoms with Crippen LogP contribution in [0.4, 0.5) is 10.6 Å². The molecule has 2 heterocycles. The Bertz CT molecular complexity index is 698. The molecule has 1 aliphatic heterocycles. The predicted octanol–water partition coefficient (Wildman–Crippen LogP) is 3.58. The number of urea groups is 1. The van der Waals surface area contributed by atoms with E-state index in [0.717, 1.165) is 18.4 Å². The molecule has 3 rings (SSSR count). The molecule has 1 fully saturated rings. The summed E-state index contributed by atoms with van der Waals surface area (Å²) in [6, 6.07) is 11.6. The predicted molar refractivity (Wildman–Crippen MR) is 97.4 cm³/mol. The number of carbonyl (C=O) groups is 1. The van der Waals surface area contributed by atoms with Crippen LogP contribution < -0.4 is 5.32 Å². The molecular formula is C19H26N4O2. The van der Waals surface area contributed by atoms with Gasteiger partial charge in [-0.15, -0.1) is 0 Å². The quantitative estimate of drug-likeness (QED) is 0.872. The van der Waals surface area contributed by atoms with Crippen LogP contribution in [0.2, 0.25) is 0 Å². The molecule has 2 amide bonds. The van der Waals surface area contributed by atoms with Gasteiger partial charge in [0.1, 0.15) is 0 Å². The van der Waals surface area contributed by atoms with Gasteiger partial charge in [0.15, 0.2) is 5.82 Å². The van der Waals surface area contributed by atoms with E-state index in [0.29, 0.717) is 18.8 Å². The smallest absolute Gasteiger partial charge is 0.323 e. The molecule has 1 aliphatic rings. The van der Waals surface area contributed by atoms with Crippen molar-refractivity contribution in [2.75, 3.05) is 11.9 Å². The molecule has 1 saturated heterocycles. The summed E-state index contributed by atoms with van der Waals surface area (Å²) in [5, 5.41) is 17.7. The number of hydrogen-bond donors (Lipinski definition) is 2. The zero-order valence-corrected chi connectivity index (χ0v) is 14.8. The van der Waals surface area contributed by atoms with Gasteiger partial charge in [0.25, 0.3) is 0 Å². The second-order valence-electron chi connectivity index (χ2n) is 6.86. The summed E-state index contributed by atoms with van der Waals surface area (Å²) in [5.74, 6) is 0.563. The zero-order valence-electron chi connectivity index (χ0n) is 14.8. The SMILES string of the molecule is CC(C)n1ccc(NC(=O)N2CCC[C@H]2C[C@H](O)c2ccccc2)n1. The summed E-state index contributed by atoms with van der Waals surface area (Å²) < 4.78 is 1.82. The molecule has 2 N–H and O–H groups in total. The lowest BCUT2D eigenvalue weighted by Crippen LogP contribution is -2.39. The Hall–Kier alpha value is -2.34. The number of aliphatic hydroxyl groups excluding tert-OH is 1. The van der Waals surface area contributed by atoms with Crippen LogP contribution in [0, 0.1) is 0 Å². The first-order valence-corrected chi connectivity index (χ1v) is 8.90. The van der Waals surface area contributed by atoms with Gasteiger partial charge in [-0.05, 0) is 38.7 Å². The van der Waals surface area contributed by atoms with Gasteiger partial charge in [-0.3, -0.25) is 10.00 Å². The maximum absolute atomic E-state index is 12.6. The molecule has 0 radical (unpaired) electrons. The first-order valence-electron chi connectivity index (χ1n) is 8.90. The first-order chi connectivity index (χ1) is 12.0. The zero-order chi connectivity index (χ0) is 17.8. The highest BCUT2D eigenvalue weighted by Crippen LogP contribution is 2.27. The Labute approximate surface area is 148 Å². The molecule has 0 unspecified atom stereocenters. The van der Waals surface area contributed by atoms with Crippen molar-refractivity contribution in [2.45, 2.75) is 51.3 Å². The minimum atomic E-state index is -0.556. The maximum atomic E-state index is 12.6. The molecule has 1 aromatic heterocycles. The van der Waals surface area contributed by atoms with E-state index >= 15 is 0 Å². The van der Waals surface area contributed by atoms with Crippen LogP contribution in [0.25, 0.3) is 0 Å². The molecule has 134 valence electrons. The van der Waals surface area contributed by atoms with Crippen molar-refractivity contribution in [2.24, 2.45) is 0 Å². The van der Waals surface area contributed by atoms with Crippen molar-refractivity contribution < 1.29 is 9.90 Å². The summed E-state index contributed by atoms with van der Waals surface area (Å²) in [4.78, 5) is 14.4. The van der Waals surface area contributed by atoms with E-state index in [1.54, 1.807) is 0 Å². The van der Waals surface area contributed by atoms with Gasteiger partial charge in [-0.1, -0.05) is 30.3 Å². The molecule has 25 heavy (non-hydrogen) atoms. The fourth-order valence-electron chi connectivity index (χ4n) is 3.29. The molecule has 0 bridgehead atoms. The minimum Gasteiger partial charge on any atom is -0.388 e. The van der Waals surface area contributed by atoms with Crippen LogP contribution in [0.5, 0.6) is 0 Å². The Morgan fingerprint density at radius 2 is 2.08 bits per heavy atom. The van der Waals surface area contributed by atoms with Crippen molar-refractivity contribution in [1.29, 1.82) is 0 Å². The van der Waals surface area contributed by atoms with Crippen molar-refractivity contribution in [3.05, 3.63) is 48.2 Å². The number of hydrogen-bond acceptors (Lipinski definition) is 3. The van der Waals surface area contributed by atoms with Crippen LogP contribution in [-0.2, 0) is 0 Å². The van der Waals surface area contributed by atoms with E-state index in [4.69, 9.17) is 0 Å². The van der Waals surface area contributed by atoms with Crippen LogP contribution >= 0.6 is 0 Å². The number of likely N-dealkylation sites (tertiary alicyclic amines) is 1. The Kier molecular flexibility index (Phi) is 5.38. The number of rotatable bonds is 5. The second kappa shape index (κ2) is 7.70. The van der Waals surface area contributed by atoms with Gasteiger partial charge in [0, 0.05) is 30.9 Å². The molecule has 2 atom stereocenters. The minimum absolute atomic E-state index is 0.0439. The van der Waals surface area contributed by atoms with E-state index in [1.165, 1.54) is 0 Å². The number of carbonyl (C=O) groups excluding carboxylic acids is 1. The average Bonchev–Trinajstić information content (AvgIpc) is 3.25. The molecule has 0 aliphatic carbocycles. The average molecular weight is 342 g/mol. The summed E-state index contributed by atoms with van der Waals surface area (Å²) >= 11 is 0. The van der Waals surface area contributed by atoms with Crippen LogP contribution in [0.3, 0.4) is 0 Å². The summed E-state index contributed by atoms with van der Waals surface area (Å²) in [6.45, 7) is 4.79. The summed E-state index contributed by atoms with van der Waals surface area (Å²) in [5.41, 5.74) is 0.894. The van der Waals surface area contributed by atoms with Gasteiger partial charge in [-0.2, -0.15) is 5.10 Å². The fraction of sp³-hybridized carbons (Fsp3) is 0.474. The van der Waals surface area contributed by atoms with Gasteiger partial charge in [-0.25, -0.2) is 4.79 Å². The third kappa shape index (κ3) is 4.20. The molecular weight excluding hydrogens is 316 g/mol. The lowest BCUT2D eigenvalue weighted by atomic mass is 10.0. The third-order valence-electron chi connectivity index (χ3n) is 4.69. The third-order valence-corrected chi connectivity index (χ3v) is 4.69. The number of aliphatic hydroxyl groups is 1. The number of anilines is 1. The molecule has 6 heteroatoms. The lowest BCUT2D eigenvalue weighted by molar-refractivity contribution is 0.129. The van der Waals surface area contributed by atoms with E-state index in [-0.39, 0.29) is 18.1 Å². The summed E-state index contributed by atoms with van der Waals surface area (Å²) in [7, 11) is 0. The van der Waals surface area contributed by atoms with Crippen molar-refractivity contribution in [3.63, 3.8) is 0 Å². The lowest BCUT2D eigenvalue weighted by Gasteiger charge is -2.26. The Morgan fingerprint density at radius 3 is 2.76 bits per heavy atom. The highest BCUT2D eigenvalue weighted by atomic mass is 16.3. The summed E-state index contributed by atoms with van der Waals surface area (Å²) in [6.07, 6.45) is 3.73. The maximum Gasteiger partial charge on any atom is 0.323 e. The van der Waals surface area contributed by atoms with Crippen LogP contribution in [0.1, 0.15) is 50.8 Å². The van der Waals surface area contributed by atoms with E-state index in [2.05, 4.69) is 10.4 Å². The van der Waals surface area contributed by atoms with Gasteiger partial charge >= 0.3 is 6.03 Å².